The number of hydrogen-bond donors (Lipinski definition) is 3. The molecular formula is C30H31N5O3S2. The van der Waals surface area contributed by atoms with Crippen molar-refractivity contribution in [3.63, 3.8) is 0 Å². The van der Waals surface area contributed by atoms with Crippen LogP contribution in [0.25, 0.3) is 5.69 Å². The number of nitrogens with one attached hydrogen (secondary N) is 3. The number of thioether (sulfide) groups is 1. The second-order valence-electron chi connectivity index (χ2n) is 9.18. The number of Topliss-reactive ketones (excluding diaryl/α,β-unsaturated/α-hetero) is 1. The number of anilines is 3. The zero-order chi connectivity index (χ0) is 28.8. The van der Waals surface area contributed by atoms with Crippen LogP contribution in [0.4, 0.5) is 17.1 Å². The number of amides is 1. The van der Waals surface area contributed by atoms with E-state index in [1.54, 1.807) is 40.7 Å². The molecule has 0 radical (unpaired) electrons. The van der Waals surface area contributed by atoms with Crippen molar-refractivity contribution in [1.82, 2.24) is 9.36 Å². The van der Waals surface area contributed by atoms with Gasteiger partial charge >= 0.3 is 0 Å². The number of carbonyl (C=O) groups is 2. The van der Waals surface area contributed by atoms with Crippen molar-refractivity contribution in [2.45, 2.75) is 37.3 Å². The average Bonchev–Trinajstić information content (AvgIpc) is 3.15. The minimum Gasteiger partial charge on any atom is -0.332 e. The Morgan fingerprint density at radius 3 is 2.25 bits per heavy atom. The molecule has 1 amide bonds. The van der Waals surface area contributed by atoms with Gasteiger partial charge in [-0.25, -0.2) is 4.68 Å². The van der Waals surface area contributed by atoms with Crippen LogP contribution >= 0.6 is 24.0 Å². The van der Waals surface area contributed by atoms with Gasteiger partial charge in [-0.05, 0) is 87.1 Å². The van der Waals surface area contributed by atoms with E-state index in [0.717, 1.165) is 22.0 Å². The van der Waals surface area contributed by atoms with Crippen molar-refractivity contribution < 1.29 is 9.59 Å². The number of thiocarbonyl (C=S) groups is 1. The molecule has 0 spiro atoms. The van der Waals surface area contributed by atoms with Crippen molar-refractivity contribution in [2.24, 2.45) is 7.05 Å². The van der Waals surface area contributed by atoms with Crippen LogP contribution in [-0.4, -0.2) is 31.4 Å². The Kier molecular flexibility index (Phi) is 9.23. The second kappa shape index (κ2) is 12.8. The summed E-state index contributed by atoms with van der Waals surface area (Å²) >= 11 is 6.87. The van der Waals surface area contributed by atoms with Crippen LogP contribution in [0.15, 0.2) is 88.6 Å². The molecule has 4 rings (SSSR count). The smallest absolute Gasteiger partial charge is 0.295 e. The van der Waals surface area contributed by atoms with Gasteiger partial charge in [0.05, 0.1) is 16.6 Å². The van der Waals surface area contributed by atoms with Crippen molar-refractivity contribution in [2.75, 3.05) is 16.0 Å². The van der Waals surface area contributed by atoms with Crippen LogP contribution in [0, 0.1) is 6.92 Å². The first kappa shape index (κ1) is 28.8. The molecular weight excluding hydrogens is 542 g/mol. The number of carbonyl (C=O) groups excluding carboxylic acids is 2. The SMILES string of the molecule is CCC(Sc1cccc(NC(=S)Nc2ccc(C(C)=O)cc2)c1)C(=O)Nc1c(C)n(C)n(-c2ccccc2)c1=O. The zero-order valence-corrected chi connectivity index (χ0v) is 24.4. The van der Waals surface area contributed by atoms with Crippen LogP contribution < -0.4 is 21.5 Å². The maximum atomic E-state index is 13.3. The van der Waals surface area contributed by atoms with E-state index in [0.29, 0.717) is 22.8 Å². The van der Waals surface area contributed by atoms with Gasteiger partial charge < -0.3 is 16.0 Å². The molecule has 1 unspecified atom stereocenters. The standard InChI is InChI=1S/C30H31N5O3S2/c1-5-26(28(37)33-27-19(2)34(4)35(29(27)38)24-11-7-6-8-12-24)40-25-13-9-10-23(18-25)32-30(39)31-22-16-14-21(15-17-22)20(3)36/h6-18,26H,5H2,1-4H3,(H,33,37)(H2,31,32,39). The van der Waals surface area contributed by atoms with Crippen molar-refractivity contribution in [3.05, 3.63) is 100 Å². The lowest BCUT2D eigenvalue weighted by atomic mass is 10.1. The first-order valence-corrected chi connectivity index (χ1v) is 14.1. The fourth-order valence-corrected chi connectivity index (χ4v) is 5.38. The summed E-state index contributed by atoms with van der Waals surface area (Å²) in [5.41, 5.74) is 3.56. The Balaban J connectivity index is 1.42. The van der Waals surface area contributed by atoms with Crippen molar-refractivity contribution in [3.8, 4) is 5.69 Å². The quantitative estimate of drug-likeness (QED) is 0.128. The Bertz CT molecular complexity index is 1590. The Hall–Kier alpha value is -4.15. The molecule has 3 aromatic carbocycles. The molecule has 0 aliphatic heterocycles. The fourth-order valence-electron chi connectivity index (χ4n) is 4.13. The highest BCUT2D eigenvalue weighted by Crippen LogP contribution is 2.29. The summed E-state index contributed by atoms with van der Waals surface area (Å²) in [5.74, 6) is -0.230. The first-order chi connectivity index (χ1) is 19.2. The van der Waals surface area contributed by atoms with Gasteiger partial charge in [-0.3, -0.25) is 19.1 Å². The van der Waals surface area contributed by atoms with Gasteiger partial charge in [0.15, 0.2) is 10.9 Å². The highest BCUT2D eigenvalue weighted by Gasteiger charge is 2.23. The number of aromatic nitrogens is 2. The Morgan fingerprint density at radius 2 is 1.60 bits per heavy atom. The zero-order valence-electron chi connectivity index (χ0n) is 22.7. The second-order valence-corrected chi connectivity index (χ2v) is 10.9. The number of hydrogen-bond acceptors (Lipinski definition) is 5. The number of ketones is 1. The maximum Gasteiger partial charge on any atom is 0.295 e. The van der Waals surface area contributed by atoms with E-state index in [4.69, 9.17) is 12.2 Å². The van der Waals surface area contributed by atoms with E-state index >= 15 is 0 Å². The molecule has 3 N–H and O–H groups in total. The molecule has 0 saturated heterocycles. The monoisotopic (exact) mass is 573 g/mol. The highest BCUT2D eigenvalue weighted by atomic mass is 32.2. The first-order valence-electron chi connectivity index (χ1n) is 12.8. The molecule has 8 nitrogen and oxygen atoms in total. The third-order valence-corrected chi connectivity index (χ3v) is 7.95. The molecule has 1 atom stereocenters. The van der Waals surface area contributed by atoms with Gasteiger partial charge in [-0.15, -0.1) is 11.8 Å². The summed E-state index contributed by atoms with van der Waals surface area (Å²) in [6.45, 7) is 5.28. The number of nitrogens with zero attached hydrogens (tertiary/aromatic N) is 2. The van der Waals surface area contributed by atoms with E-state index in [1.807, 2.05) is 68.4 Å². The largest absolute Gasteiger partial charge is 0.332 e. The summed E-state index contributed by atoms with van der Waals surface area (Å²) in [4.78, 5) is 38.9. The van der Waals surface area contributed by atoms with Crippen LogP contribution in [0.1, 0.15) is 36.3 Å². The predicted molar refractivity (Wildman–Crippen MR) is 167 cm³/mol. The molecule has 0 saturated carbocycles. The van der Waals surface area contributed by atoms with Crippen LogP contribution in [0.3, 0.4) is 0 Å². The lowest BCUT2D eigenvalue weighted by Crippen LogP contribution is -2.28. The maximum absolute atomic E-state index is 13.3. The van der Waals surface area contributed by atoms with E-state index in [1.165, 1.54) is 18.7 Å². The van der Waals surface area contributed by atoms with Crippen molar-refractivity contribution >= 4 is 57.8 Å². The molecule has 1 heterocycles. The number of benzene rings is 3. The fraction of sp³-hybridized carbons (Fsp3) is 0.200. The minimum atomic E-state index is -0.413. The lowest BCUT2D eigenvalue weighted by Gasteiger charge is -2.16. The molecule has 40 heavy (non-hydrogen) atoms. The molecule has 0 aliphatic carbocycles. The Morgan fingerprint density at radius 1 is 0.925 bits per heavy atom. The summed E-state index contributed by atoms with van der Waals surface area (Å²) in [5, 5.41) is 9.14. The third-order valence-electron chi connectivity index (χ3n) is 6.39. The van der Waals surface area contributed by atoms with Gasteiger partial charge in [0.25, 0.3) is 5.56 Å². The predicted octanol–water partition coefficient (Wildman–Crippen LogP) is 6.01. The van der Waals surface area contributed by atoms with Gasteiger partial charge in [0.2, 0.25) is 5.91 Å². The molecule has 0 aliphatic rings. The molecule has 206 valence electrons. The summed E-state index contributed by atoms with van der Waals surface area (Å²) in [7, 11) is 1.80. The van der Waals surface area contributed by atoms with Gasteiger partial charge in [-0.2, -0.15) is 0 Å². The molecule has 0 fully saturated rings. The summed E-state index contributed by atoms with van der Waals surface area (Å²) in [6, 6.07) is 24.0. The van der Waals surface area contributed by atoms with E-state index in [-0.39, 0.29) is 22.9 Å². The topological polar surface area (TPSA) is 97.2 Å². The number of rotatable bonds is 9. The average molecular weight is 574 g/mol. The lowest BCUT2D eigenvalue weighted by molar-refractivity contribution is -0.115. The van der Waals surface area contributed by atoms with Gasteiger partial charge in [0, 0.05) is 28.9 Å². The molecule has 1 aromatic heterocycles. The normalized spacial score (nSPS) is 11.5. The van der Waals surface area contributed by atoms with Crippen LogP contribution in [0.5, 0.6) is 0 Å². The van der Waals surface area contributed by atoms with E-state index in [9.17, 15) is 14.4 Å². The molecule has 4 aromatic rings. The molecule has 0 bridgehead atoms. The van der Waals surface area contributed by atoms with Crippen molar-refractivity contribution in [1.29, 1.82) is 0 Å². The van der Waals surface area contributed by atoms with Crippen LogP contribution in [-0.2, 0) is 11.8 Å². The van der Waals surface area contributed by atoms with E-state index in [2.05, 4.69) is 16.0 Å². The number of para-hydroxylation sites is 1. The van der Waals surface area contributed by atoms with Gasteiger partial charge in [0.1, 0.15) is 5.69 Å². The molecule has 10 heteroatoms. The van der Waals surface area contributed by atoms with Gasteiger partial charge in [-0.1, -0.05) is 31.2 Å². The summed E-state index contributed by atoms with van der Waals surface area (Å²) < 4.78 is 3.29. The Labute approximate surface area is 242 Å². The summed E-state index contributed by atoms with van der Waals surface area (Å²) in [6.07, 6.45) is 0.573. The minimum absolute atomic E-state index is 0.00354. The van der Waals surface area contributed by atoms with Crippen LogP contribution in [0.2, 0.25) is 0 Å². The highest BCUT2D eigenvalue weighted by molar-refractivity contribution is 8.00. The van der Waals surface area contributed by atoms with E-state index < -0.39 is 5.25 Å². The third kappa shape index (κ3) is 6.70.